The molecule has 0 unspecified atom stereocenters. The van der Waals surface area contributed by atoms with Crippen molar-refractivity contribution < 1.29 is 24.2 Å². The van der Waals surface area contributed by atoms with Crippen molar-refractivity contribution in [2.75, 3.05) is 44.2 Å². The van der Waals surface area contributed by atoms with E-state index in [1.807, 2.05) is 31.3 Å². The second-order valence-electron chi connectivity index (χ2n) is 8.07. The smallest absolute Gasteiger partial charge is 0.275 e. The lowest BCUT2D eigenvalue weighted by Crippen LogP contribution is -3.16. The summed E-state index contributed by atoms with van der Waals surface area (Å²) >= 11 is 0. The highest BCUT2D eigenvalue weighted by Gasteiger charge is 2.27. The van der Waals surface area contributed by atoms with Gasteiger partial charge in [-0.15, -0.1) is 0 Å². The molecule has 0 bridgehead atoms. The van der Waals surface area contributed by atoms with Crippen LogP contribution in [0.3, 0.4) is 0 Å². The number of anilines is 1. The van der Waals surface area contributed by atoms with Crippen LogP contribution in [0.15, 0.2) is 36.5 Å². The lowest BCUT2D eigenvalue weighted by Gasteiger charge is -2.27. The van der Waals surface area contributed by atoms with Crippen LogP contribution in [0, 0.1) is 0 Å². The zero-order chi connectivity index (χ0) is 20.9. The first-order valence-electron chi connectivity index (χ1n) is 10.9. The molecule has 1 saturated heterocycles. The first-order chi connectivity index (χ1) is 14.6. The largest absolute Gasteiger partial charge is 0.494 e. The predicted octanol–water partition coefficient (Wildman–Crippen LogP) is 0.244. The average Bonchev–Trinajstić information content (AvgIpc) is 3.12. The van der Waals surface area contributed by atoms with Gasteiger partial charge in [-0.2, -0.15) is 0 Å². The predicted molar refractivity (Wildman–Crippen MR) is 114 cm³/mol. The minimum Gasteiger partial charge on any atom is -0.494 e. The Morgan fingerprint density at radius 2 is 2.17 bits per heavy atom. The monoisotopic (exact) mass is 412 g/mol. The number of nitrogens with zero attached hydrogens (tertiary/aromatic N) is 1. The van der Waals surface area contributed by atoms with Gasteiger partial charge < -0.3 is 19.7 Å². The number of nitrogens with one attached hydrogen (secondary N) is 3. The van der Waals surface area contributed by atoms with E-state index in [4.69, 9.17) is 9.47 Å². The van der Waals surface area contributed by atoms with E-state index >= 15 is 0 Å². The van der Waals surface area contributed by atoms with Gasteiger partial charge in [0.1, 0.15) is 43.8 Å². The number of piperazine rings is 1. The number of benzene rings is 1. The number of amides is 1. The summed E-state index contributed by atoms with van der Waals surface area (Å²) in [6, 6.07) is 10.2. The Morgan fingerprint density at radius 3 is 2.90 bits per heavy atom. The first kappa shape index (κ1) is 20.5. The van der Waals surface area contributed by atoms with Gasteiger partial charge in [0.15, 0.2) is 6.54 Å². The third kappa shape index (κ3) is 4.84. The molecular weight excluding hydrogens is 380 g/mol. The van der Waals surface area contributed by atoms with Gasteiger partial charge in [0.2, 0.25) is 0 Å². The Bertz CT molecular complexity index is 866. The molecule has 4 rings (SSSR count). The van der Waals surface area contributed by atoms with Crippen LogP contribution in [0.2, 0.25) is 0 Å². The van der Waals surface area contributed by atoms with Crippen molar-refractivity contribution in [3.05, 3.63) is 47.7 Å². The van der Waals surface area contributed by atoms with Crippen LogP contribution in [-0.4, -0.2) is 51.3 Å². The molecule has 1 atom stereocenters. The molecule has 0 spiro atoms. The number of aromatic amines is 1. The molecule has 2 aliphatic rings. The molecule has 7 heteroatoms. The van der Waals surface area contributed by atoms with Gasteiger partial charge >= 0.3 is 0 Å². The lowest BCUT2D eigenvalue weighted by atomic mass is 10.1. The maximum absolute atomic E-state index is 12.6. The Hall–Kier alpha value is -2.80. The number of fused-ring (bicyclic) bond motifs is 1. The van der Waals surface area contributed by atoms with Crippen molar-refractivity contribution in [2.45, 2.75) is 32.9 Å². The van der Waals surface area contributed by atoms with Gasteiger partial charge in [0, 0.05) is 30.2 Å². The van der Waals surface area contributed by atoms with E-state index in [0.717, 1.165) is 55.5 Å². The fourth-order valence-corrected chi connectivity index (χ4v) is 4.21. The van der Waals surface area contributed by atoms with Crippen molar-refractivity contribution in [1.82, 2.24) is 5.32 Å². The Labute approximate surface area is 178 Å². The van der Waals surface area contributed by atoms with E-state index in [-0.39, 0.29) is 12.0 Å². The number of rotatable bonds is 7. The normalized spacial score (nSPS) is 18.6. The molecule has 1 amide bonds. The van der Waals surface area contributed by atoms with Crippen LogP contribution in [0.4, 0.5) is 5.82 Å². The molecule has 2 aromatic rings. The summed E-state index contributed by atoms with van der Waals surface area (Å²) in [5.41, 5.74) is 2.15. The number of H-pyrrole nitrogens is 1. The van der Waals surface area contributed by atoms with Gasteiger partial charge in [-0.3, -0.25) is 9.69 Å². The summed E-state index contributed by atoms with van der Waals surface area (Å²) in [4.78, 5) is 19.5. The highest BCUT2D eigenvalue weighted by atomic mass is 16.5. The fraction of sp³-hybridized carbons (Fsp3) is 0.478. The van der Waals surface area contributed by atoms with Crippen molar-refractivity contribution in [1.29, 1.82) is 0 Å². The average molecular weight is 413 g/mol. The quantitative estimate of drug-likeness (QED) is 0.684. The van der Waals surface area contributed by atoms with E-state index in [2.05, 4.69) is 34.3 Å². The zero-order valence-corrected chi connectivity index (χ0v) is 17.9. The molecule has 1 aromatic heterocycles. The third-order valence-corrected chi connectivity index (χ3v) is 5.77. The highest BCUT2D eigenvalue weighted by molar-refractivity contribution is 5.77. The molecule has 160 valence electrons. The maximum atomic E-state index is 12.6. The topological polar surface area (TPSA) is 69.4 Å². The minimum absolute atomic E-state index is 0.0713. The van der Waals surface area contributed by atoms with E-state index in [0.29, 0.717) is 19.7 Å². The summed E-state index contributed by atoms with van der Waals surface area (Å²) in [6.45, 7) is 9.38. The number of hydrogen-bond acceptors (Lipinski definition) is 4. The van der Waals surface area contributed by atoms with E-state index in [1.54, 1.807) is 0 Å². The van der Waals surface area contributed by atoms with Crippen LogP contribution in [0.25, 0.3) is 0 Å². The number of quaternary nitrogens is 1. The number of carbonyl (C=O) groups is 1. The zero-order valence-electron chi connectivity index (χ0n) is 17.9. The number of aromatic nitrogens is 1. The van der Waals surface area contributed by atoms with Crippen LogP contribution >= 0.6 is 0 Å². The van der Waals surface area contributed by atoms with Crippen LogP contribution in [0.5, 0.6) is 11.5 Å². The molecule has 7 nitrogen and oxygen atoms in total. The summed E-state index contributed by atoms with van der Waals surface area (Å²) < 4.78 is 11.7. The Balaban J connectivity index is 1.29. The van der Waals surface area contributed by atoms with Gasteiger partial charge in [0.25, 0.3) is 11.7 Å². The Morgan fingerprint density at radius 1 is 1.33 bits per heavy atom. The molecule has 2 aliphatic heterocycles. The van der Waals surface area contributed by atoms with Crippen molar-refractivity contribution in [2.24, 2.45) is 0 Å². The van der Waals surface area contributed by atoms with Crippen molar-refractivity contribution in [3.8, 4) is 11.5 Å². The lowest BCUT2D eigenvalue weighted by molar-refractivity contribution is -0.892. The van der Waals surface area contributed by atoms with Crippen molar-refractivity contribution in [3.63, 3.8) is 0 Å². The van der Waals surface area contributed by atoms with E-state index in [1.165, 1.54) is 10.5 Å². The molecule has 30 heavy (non-hydrogen) atoms. The van der Waals surface area contributed by atoms with Crippen LogP contribution in [0.1, 0.15) is 25.0 Å². The summed E-state index contributed by atoms with van der Waals surface area (Å²) in [5.74, 6) is 2.96. The van der Waals surface area contributed by atoms with Crippen LogP contribution in [-0.2, 0) is 17.8 Å². The summed E-state index contributed by atoms with van der Waals surface area (Å²) in [7, 11) is 0. The van der Waals surface area contributed by atoms with E-state index < -0.39 is 0 Å². The first-order valence-corrected chi connectivity index (χ1v) is 10.9. The molecule has 3 heterocycles. The number of ether oxygens (including phenoxy) is 2. The van der Waals surface area contributed by atoms with Gasteiger partial charge in [-0.05, 0) is 32.0 Å². The van der Waals surface area contributed by atoms with Gasteiger partial charge in [-0.1, -0.05) is 6.07 Å². The summed E-state index contributed by atoms with van der Waals surface area (Å²) in [5, 5.41) is 3.08. The van der Waals surface area contributed by atoms with E-state index in [9.17, 15) is 4.79 Å². The van der Waals surface area contributed by atoms with Gasteiger partial charge in [0.05, 0.1) is 12.8 Å². The molecular formula is C23H32N4O3+2. The van der Waals surface area contributed by atoms with Crippen LogP contribution < -0.4 is 29.6 Å². The molecule has 0 saturated carbocycles. The minimum atomic E-state index is 0.0713. The van der Waals surface area contributed by atoms with Crippen molar-refractivity contribution >= 4 is 11.7 Å². The highest BCUT2D eigenvalue weighted by Crippen LogP contribution is 2.35. The number of hydrogen-bond donors (Lipinski definition) is 2. The molecule has 1 fully saturated rings. The molecule has 0 aliphatic carbocycles. The standard InChI is InChI=1S/C23H30N4O3/c1-3-29-20-13-18-12-17(2)30-21(18)14-19(20)15-25-23(28)16-26-8-10-27(11-9-26)22-6-4-5-7-24-22/h4-7,13-14,17H,3,8-12,15-16H2,1-2H3,(H,25,28)/p+2/t17-/m1/s1. The molecule has 0 radical (unpaired) electrons. The molecule has 1 aromatic carbocycles. The number of pyridine rings is 1. The molecule has 3 N–H and O–H groups in total. The Kier molecular flexibility index (Phi) is 6.38. The SMILES string of the molecule is CCOc1cc2c(cc1CNC(=O)C[NH+]1CCN(c3cccc[nH+]3)CC1)O[C@H](C)C2. The maximum Gasteiger partial charge on any atom is 0.275 e. The number of carbonyl (C=O) groups excluding carboxylic acids is 1. The van der Waals surface area contributed by atoms with Gasteiger partial charge in [-0.25, -0.2) is 4.98 Å². The third-order valence-electron chi connectivity index (χ3n) is 5.77. The fourth-order valence-electron chi connectivity index (χ4n) is 4.21. The second kappa shape index (κ2) is 9.34. The second-order valence-corrected chi connectivity index (χ2v) is 8.07. The summed E-state index contributed by atoms with van der Waals surface area (Å²) in [6.07, 6.45) is 3.04.